The molecule has 3 rings (SSSR count). The number of amides is 2. The summed E-state index contributed by atoms with van der Waals surface area (Å²) in [5.41, 5.74) is 2.38. The molecule has 0 unspecified atom stereocenters. The Morgan fingerprint density at radius 2 is 1.92 bits per heavy atom. The molecule has 6 nitrogen and oxygen atoms in total. The molecule has 0 saturated heterocycles. The molecule has 1 heterocycles. The van der Waals surface area contributed by atoms with E-state index in [1.54, 1.807) is 48.5 Å². The molecule has 1 aromatic heterocycles. The van der Waals surface area contributed by atoms with E-state index in [1.165, 1.54) is 0 Å². The summed E-state index contributed by atoms with van der Waals surface area (Å²) >= 11 is 5.87. The van der Waals surface area contributed by atoms with Gasteiger partial charge in [0.15, 0.2) is 0 Å². The van der Waals surface area contributed by atoms with Crippen LogP contribution in [0.5, 0.6) is 5.75 Å². The Kier molecular flexibility index (Phi) is 5.20. The van der Waals surface area contributed by atoms with E-state index in [-0.39, 0.29) is 6.03 Å². The molecule has 0 fully saturated rings. The molecule has 2 N–H and O–H groups in total. The number of rotatable bonds is 5. The number of ether oxygens (including phenoxy) is 1. The van der Waals surface area contributed by atoms with E-state index in [4.69, 9.17) is 16.3 Å². The van der Waals surface area contributed by atoms with Gasteiger partial charge in [0, 0.05) is 17.6 Å². The number of anilines is 2. The van der Waals surface area contributed by atoms with Gasteiger partial charge in [0.25, 0.3) is 0 Å². The van der Waals surface area contributed by atoms with E-state index < -0.39 is 0 Å². The first-order chi connectivity index (χ1) is 12.1. The van der Waals surface area contributed by atoms with Crippen LogP contribution in [0.1, 0.15) is 5.56 Å². The van der Waals surface area contributed by atoms with Crippen LogP contribution in [0.4, 0.5) is 16.2 Å². The van der Waals surface area contributed by atoms with Crippen molar-refractivity contribution >= 4 is 29.0 Å². The summed E-state index contributed by atoms with van der Waals surface area (Å²) in [5.74, 6) is 0.734. The van der Waals surface area contributed by atoms with Crippen molar-refractivity contribution in [2.45, 2.75) is 6.54 Å². The van der Waals surface area contributed by atoms with Crippen LogP contribution in [-0.2, 0) is 6.54 Å². The molecule has 25 heavy (non-hydrogen) atoms. The Hall–Kier alpha value is -2.99. The van der Waals surface area contributed by atoms with Crippen LogP contribution < -0.4 is 15.4 Å². The van der Waals surface area contributed by atoms with Gasteiger partial charge in [-0.25, -0.2) is 4.79 Å². The molecular weight excluding hydrogens is 340 g/mol. The van der Waals surface area contributed by atoms with E-state index in [0.29, 0.717) is 22.9 Å². The fourth-order valence-electron chi connectivity index (χ4n) is 2.33. The summed E-state index contributed by atoms with van der Waals surface area (Å²) in [6.07, 6.45) is 3.34. The van der Waals surface area contributed by atoms with Crippen molar-refractivity contribution in [1.82, 2.24) is 9.78 Å². The maximum Gasteiger partial charge on any atom is 0.323 e. The molecule has 3 aromatic rings. The number of carbonyl (C=O) groups is 1. The lowest BCUT2D eigenvalue weighted by Gasteiger charge is -2.10. The Labute approximate surface area is 150 Å². The summed E-state index contributed by atoms with van der Waals surface area (Å²) in [6.45, 7) is 0.572. The van der Waals surface area contributed by atoms with E-state index in [1.807, 2.05) is 24.3 Å². The number of benzene rings is 2. The molecule has 0 bridgehead atoms. The minimum absolute atomic E-state index is 0.315. The number of nitrogens with zero attached hydrogens (tertiary/aromatic N) is 2. The van der Waals surface area contributed by atoms with E-state index in [9.17, 15) is 4.79 Å². The molecule has 0 aliphatic heterocycles. The third-order valence-electron chi connectivity index (χ3n) is 3.48. The van der Waals surface area contributed by atoms with Crippen LogP contribution in [0.3, 0.4) is 0 Å². The third-order valence-corrected chi connectivity index (χ3v) is 3.67. The lowest BCUT2D eigenvalue weighted by molar-refractivity contribution is 0.262. The van der Waals surface area contributed by atoms with Crippen molar-refractivity contribution in [2.24, 2.45) is 0 Å². The molecular formula is C18H17ClN4O2. The summed E-state index contributed by atoms with van der Waals surface area (Å²) in [4.78, 5) is 12.1. The smallest absolute Gasteiger partial charge is 0.323 e. The van der Waals surface area contributed by atoms with Gasteiger partial charge < -0.3 is 15.4 Å². The van der Waals surface area contributed by atoms with Crippen molar-refractivity contribution in [3.05, 3.63) is 71.5 Å². The normalized spacial score (nSPS) is 10.3. The minimum atomic E-state index is -0.315. The van der Waals surface area contributed by atoms with E-state index in [2.05, 4.69) is 15.7 Å². The van der Waals surface area contributed by atoms with Gasteiger partial charge in [0.05, 0.1) is 24.9 Å². The molecule has 2 aromatic carbocycles. The summed E-state index contributed by atoms with van der Waals surface area (Å²) in [6, 6.07) is 14.4. The SMILES string of the molecule is COc1ccc(NC(=O)Nc2cccc(Cn3cc(Cl)cn3)c2)cc1. The van der Waals surface area contributed by atoms with E-state index >= 15 is 0 Å². The average Bonchev–Trinajstić information content (AvgIpc) is 3.00. The van der Waals surface area contributed by atoms with Crippen molar-refractivity contribution in [2.75, 3.05) is 17.7 Å². The molecule has 0 aliphatic rings. The number of nitrogens with one attached hydrogen (secondary N) is 2. The number of carbonyl (C=O) groups excluding carboxylic acids is 1. The van der Waals surface area contributed by atoms with Gasteiger partial charge in [-0.3, -0.25) is 4.68 Å². The third kappa shape index (κ3) is 4.74. The van der Waals surface area contributed by atoms with Crippen LogP contribution in [0, 0.1) is 0 Å². The summed E-state index contributed by atoms with van der Waals surface area (Å²) in [7, 11) is 1.60. The Balaban J connectivity index is 1.61. The topological polar surface area (TPSA) is 68.2 Å². The highest BCUT2D eigenvalue weighted by Crippen LogP contribution is 2.16. The number of urea groups is 1. The zero-order valence-corrected chi connectivity index (χ0v) is 14.3. The highest BCUT2D eigenvalue weighted by atomic mass is 35.5. The van der Waals surface area contributed by atoms with Crippen molar-refractivity contribution in [3.8, 4) is 5.75 Å². The number of hydrogen-bond donors (Lipinski definition) is 2. The van der Waals surface area contributed by atoms with Gasteiger partial charge in [-0.2, -0.15) is 5.10 Å². The van der Waals surface area contributed by atoms with Crippen LogP contribution in [-0.4, -0.2) is 22.9 Å². The Morgan fingerprint density at radius 1 is 1.16 bits per heavy atom. The average molecular weight is 357 g/mol. The monoisotopic (exact) mass is 356 g/mol. The standard InChI is InChI=1S/C18H17ClN4O2/c1-25-17-7-5-15(6-8-17)21-18(24)22-16-4-2-3-13(9-16)11-23-12-14(19)10-20-23/h2-10,12H,11H2,1H3,(H2,21,22,24). The minimum Gasteiger partial charge on any atom is -0.497 e. The van der Waals surface area contributed by atoms with Gasteiger partial charge in [0.1, 0.15) is 5.75 Å². The van der Waals surface area contributed by atoms with Gasteiger partial charge >= 0.3 is 6.03 Å². The Morgan fingerprint density at radius 3 is 2.60 bits per heavy atom. The molecule has 0 saturated carbocycles. The zero-order valence-electron chi connectivity index (χ0n) is 13.6. The van der Waals surface area contributed by atoms with Gasteiger partial charge in [0.2, 0.25) is 0 Å². The fourth-order valence-corrected chi connectivity index (χ4v) is 2.48. The second-order valence-corrected chi connectivity index (χ2v) is 5.80. The quantitative estimate of drug-likeness (QED) is 0.718. The van der Waals surface area contributed by atoms with Crippen LogP contribution >= 0.6 is 11.6 Å². The molecule has 7 heteroatoms. The predicted octanol–water partition coefficient (Wildman–Crippen LogP) is 4.24. The molecule has 0 atom stereocenters. The van der Waals surface area contributed by atoms with Gasteiger partial charge in [-0.15, -0.1) is 0 Å². The Bertz CT molecular complexity index is 862. The lowest BCUT2D eigenvalue weighted by atomic mass is 10.2. The number of hydrogen-bond acceptors (Lipinski definition) is 3. The van der Waals surface area contributed by atoms with Crippen LogP contribution in [0.2, 0.25) is 5.02 Å². The highest BCUT2D eigenvalue weighted by molar-refractivity contribution is 6.30. The maximum atomic E-state index is 12.1. The van der Waals surface area contributed by atoms with Crippen molar-refractivity contribution in [3.63, 3.8) is 0 Å². The largest absolute Gasteiger partial charge is 0.497 e. The van der Waals surface area contributed by atoms with Crippen LogP contribution in [0.15, 0.2) is 60.9 Å². The maximum absolute atomic E-state index is 12.1. The number of aromatic nitrogens is 2. The first kappa shape index (κ1) is 16.9. The molecule has 0 radical (unpaired) electrons. The predicted molar refractivity (Wildman–Crippen MR) is 98.4 cm³/mol. The highest BCUT2D eigenvalue weighted by Gasteiger charge is 2.05. The first-order valence-corrected chi connectivity index (χ1v) is 7.99. The second kappa shape index (κ2) is 7.72. The second-order valence-electron chi connectivity index (χ2n) is 5.36. The fraction of sp³-hybridized carbons (Fsp3) is 0.111. The molecule has 0 spiro atoms. The summed E-state index contributed by atoms with van der Waals surface area (Å²) in [5, 5.41) is 10.3. The number of halogens is 1. The van der Waals surface area contributed by atoms with Crippen LogP contribution in [0.25, 0.3) is 0 Å². The zero-order chi connectivity index (χ0) is 17.6. The molecule has 0 aliphatic carbocycles. The first-order valence-electron chi connectivity index (χ1n) is 7.61. The van der Waals surface area contributed by atoms with Gasteiger partial charge in [-0.1, -0.05) is 23.7 Å². The summed E-state index contributed by atoms with van der Waals surface area (Å²) < 4.78 is 6.82. The van der Waals surface area contributed by atoms with E-state index in [0.717, 1.165) is 11.3 Å². The number of methoxy groups -OCH3 is 1. The van der Waals surface area contributed by atoms with Crippen molar-refractivity contribution < 1.29 is 9.53 Å². The molecule has 128 valence electrons. The van der Waals surface area contributed by atoms with Gasteiger partial charge in [-0.05, 0) is 42.0 Å². The van der Waals surface area contributed by atoms with Crippen molar-refractivity contribution in [1.29, 1.82) is 0 Å². The molecule has 2 amide bonds. The lowest BCUT2D eigenvalue weighted by Crippen LogP contribution is -2.19.